The van der Waals surface area contributed by atoms with E-state index in [1.165, 1.54) is 6.08 Å². The molecule has 92 valence electrons. The van der Waals surface area contributed by atoms with Gasteiger partial charge in [-0.2, -0.15) is 0 Å². The molecule has 5 nitrogen and oxygen atoms in total. The first kappa shape index (κ1) is 14.5. The normalized spacial score (nSPS) is 13.6. The fourth-order valence-electron chi connectivity index (χ4n) is 1.11. The lowest BCUT2D eigenvalue weighted by Crippen LogP contribution is -2.42. The van der Waals surface area contributed by atoms with Gasteiger partial charge in [-0.25, -0.2) is 9.59 Å². The summed E-state index contributed by atoms with van der Waals surface area (Å²) in [5.74, 6) is -0.809. The van der Waals surface area contributed by atoms with E-state index in [4.69, 9.17) is 5.11 Å². The fourth-order valence-corrected chi connectivity index (χ4v) is 1.11. The van der Waals surface area contributed by atoms with Crippen LogP contribution in [0.4, 0.5) is 4.79 Å². The molecule has 5 heteroatoms. The molecule has 2 atom stereocenters. The molecule has 0 bridgehead atoms. The fraction of sp³-hybridized carbons (Fsp3) is 0.636. The van der Waals surface area contributed by atoms with Gasteiger partial charge >= 0.3 is 12.1 Å². The number of carboxylic acid groups (broad SMARTS) is 1. The third kappa shape index (κ3) is 6.06. The predicted molar refractivity (Wildman–Crippen MR) is 60.2 cm³/mol. The third-order valence-electron chi connectivity index (χ3n) is 2.26. The maximum absolute atomic E-state index is 11.1. The predicted octanol–water partition coefficient (Wildman–Crippen LogP) is 1.79. The van der Waals surface area contributed by atoms with Gasteiger partial charge in [0.1, 0.15) is 12.6 Å². The summed E-state index contributed by atoms with van der Waals surface area (Å²) in [6, 6.07) is -0.896. The van der Waals surface area contributed by atoms with Gasteiger partial charge in [-0.05, 0) is 12.3 Å². The van der Waals surface area contributed by atoms with E-state index in [-0.39, 0.29) is 12.5 Å². The minimum Gasteiger partial charge on any atom is -0.480 e. The number of carbonyl (C=O) groups is 2. The molecule has 0 spiro atoms. The molecular weight excluding hydrogens is 210 g/mol. The van der Waals surface area contributed by atoms with E-state index in [0.29, 0.717) is 6.42 Å². The summed E-state index contributed by atoms with van der Waals surface area (Å²) in [5, 5.41) is 11.2. The lowest BCUT2D eigenvalue weighted by atomic mass is 9.99. The van der Waals surface area contributed by atoms with Crippen molar-refractivity contribution in [1.29, 1.82) is 0 Å². The number of carbonyl (C=O) groups excluding carboxylic acids is 1. The standard InChI is InChI=1S/C11H19NO4/c1-4-6-16-11(15)12-9(10(13)14)7-8(3)5-2/h4,8-9H,1,5-7H2,2-3H3,(H,12,15)(H,13,14)/t8?,9-/m0/s1. The van der Waals surface area contributed by atoms with Crippen LogP contribution in [0.25, 0.3) is 0 Å². The number of alkyl carbamates (subject to hydrolysis) is 1. The second-order valence-electron chi connectivity index (χ2n) is 3.67. The molecule has 1 unspecified atom stereocenters. The van der Waals surface area contributed by atoms with Crippen LogP contribution >= 0.6 is 0 Å². The zero-order valence-electron chi connectivity index (χ0n) is 9.73. The lowest BCUT2D eigenvalue weighted by Gasteiger charge is -2.17. The monoisotopic (exact) mass is 229 g/mol. The van der Waals surface area contributed by atoms with E-state index in [9.17, 15) is 9.59 Å². The lowest BCUT2D eigenvalue weighted by molar-refractivity contribution is -0.139. The van der Waals surface area contributed by atoms with Gasteiger partial charge in [0.05, 0.1) is 0 Å². The molecule has 0 radical (unpaired) electrons. The van der Waals surface area contributed by atoms with Crippen LogP contribution in [0.2, 0.25) is 0 Å². The Kier molecular flexibility index (Phi) is 7.00. The highest BCUT2D eigenvalue weighted by Gasteiger charge is 2.22. The first-order valence-corrected chi connectivity index (χ1v) is 5.28. The first-order valence-electron chi connectivity index (χ1n) is 5.28. The molecule has 0 saturated heterocycles. The van der Waals surface area contributed by atoms with Crippen molar-refractivity contribution in [2.45, 2.75) is 32.7 Å². The number of nitrogens with one attached hydrogen (secondary N) is 1. The minimum atomic E-state index is -1.05. The topological polar surface area (TPSA) is 75.6 Å². The summed E-state index contributed by atoms with van der Waals surface area (Å²) < 4.78 is 4.66. The van der Waals surface area contributed by atoms with E-state index in [1.54, 1.807) is 0 Å². The first-order chi connectivity index (χ1) is 7.51. The smallest absolute Gasteiger partial charge is 0.408 e. The Labute approximate surface area is 95.5 Å². The Morgan fingerprint density at radius 3 is 2.62 bits per heavy atom. The minimum absolute atomic E-state index is 0.0709. The Balaban J connectivity index is 4.17. The molecule has 0 rings (SSSR count). The molecule has 2 N–H and O–H groups in total. The Morgan fingerprint density at radius 2 is 2.19 bits per heavy atom. The highest BCUT2D eigenvalue weighted by atomic mass is 16.5. The van der Waals surface area contributed by atoms with E-state index >= 15 is 0 Å². The van der Waals surface area contributed by atoms with Gasteiger partial charge in [0.15, 0.2) is 0 Å². The van der Waals surface area contributed by atoms with Gasteiger partial charge in [-0.3, -0.25) is 0 Å². The average Bonchev–Trinajstić information content (AvgIpc) is 2.24. The molecule has 1 amide bonds. The maximum Gasteiger partial charge on any atom is 0.408 e. The second kappa shape index (κ2) is 7.73. The van der Waals surface area contributed by atoms with E-state index in [2.05, 4.69) is 16.6 Å². The summed E-state index contributed by atoms with van der Waals surface area (Å²) >= 11 is 0. The van der Waals surface area contributed by atoms with Crippen LogP contribution < -0.4 is 5.32 Å². The Morgan fingerprint density at radius 1 is 1.56 bits per heavy atom. The van der Waals surface area contributed by atoms with E-state index in [0.717, 1.165) is 6.42 Å². The Hall–Kier alpha value is -1.52. The molecule has 0 aliphatic rings. The van der Waals surface area contributed by atoms with Gasteiger partial charge in [0.25, 0.3) is 0 Å². The summed E-state index contributed by atoms with van der Waals surface area (Å²) in [6.07, 6.45) is 1.96. The number of hydrogen-bond acceptors (Lipinski definition) is 3. The molecule has 0 saturated carbocycles. The van der Waals surface area contributed by atoms with Gasteiger partial charge in [-0.15, -0.1) is 0 Å². The highest BCUT2D eigenvalue weighted by Crippen LogP contribution is 2.10. The third-order valence-corrected chi connectivity index (χ3v) is 2.26. The summed E-state index contributed by atoms with van der Waals surface area (Å²) in [4.78, 5) is 22.0. The zero-order chi connectivity index (χ0) is 12.6. The number of rotatable bonds is 7. The van der Waals surface area contributed by atoms with Crippen LogP contribution in [-0.4, -0.2) is 29.8 Å². The van der Waals surface area contributed by atoms with Crippen molar-refractivity contribution in [2.24, 2.45) is 5.92 Å². The van der Waals surface area contributed by atoms with Crippen molar-refractivity contribution in [3.05, 3.63) is 12.7 Å². The van der Waals surface area contributed by atoms with Crippen molar-refractivity contribution >= 4 is 12.1 Å². The van der Waals surface area contributed by atoms with Crippen molar-refractivity contribution in [3.8, 4) is 0 Å². The SMILES string of the molecule is C=CCOC(=O)N[C@@H](CC(C)CC)C(=O)O. The number of hydrogen-bond donors (Lipinski definition) is 2. The van der Waals surface area contributed by atoms with E-state index < -0.39 is 18.1 Å². The summed E-state index contributed by atoms with van der Waals surface area (Å²) in [5.41, 5.74) is 0. The van der Waals surface area contributed by atoms with Gasteiger partial charge < -0.3 is 15.2 Å². The van der Waals surface area contributed by atoms with Gasteiger partial charge in [0.2, 0.25) is 0 Å². The van der Waals surface area contributed by atoms with Crippen molar-refractivity contribution in [3.63, 3.8) is 0 Å². The number of ether oxygens (including phenoxy) is 1. The van der Waals surface area contributed by atoms with Crippen molar-refractivity contribution in [1.82, 2.24) is 5.32 Å². The Bertz CT molecular complexity index is 252. The van der Waals surface area contributed by atoms with Crippen LogP contribution in [0, 0.1) is 5.92 Å². The molecule has 0 fully saturated rings. The second-order valence-corrected chi connectivity index (χ2v) is 3.67. The molecule has 0 aromatic rings. The number of amides is 1. The summed E-state index contributed by atoms with van der Waals surface area (Å²) in [7, 11) is 0. The van der Waals surface area contributed by atoms with Crippen LogP contribution in [0.5, 0.6) is 0 Å². The van der Waals surface area contributed by atoms with Gasteiger partial charge in [0, 0.05) is 0 Å². The molecular formula is C11H19NO4. The molecule has 0 aliphatic heterocycles. The number of carboxylic acids is 1. The quantitative estimate of drug-likeness (QED) is 0.652. The molecule has 16 heavy (non-hydrogen) atoms. The van der Waals surface area contributed by atoms with Crippen LogP contribution in [0.15, 0.2) is 12.7 Å². The molecule has 0 heterocycles. The highest BCUT2D eigenvalue weighted by molar-refractivity contribution is 5.79. The molecule has 0 aromatic carbocycles. The largest absolute Gasteiger partial charge is 0.480 e. The van der Waals surface area contributed by atoms with Crippen molar-refractivity contribution < 1.29 is 19.4 Å². The summed E-state index contributed by atoms with van der Waals surface area (Å²) in [6.45, 7) is 7.37. The molecule has 0 aromatic heterocycles. The van der Waals surface area contributed by atoms with Gasteiger partial charge in [-0.1, -0.05) is 32.9 Å². The van der Waals surface area contributed by atoms with Crippen LogP contribution in [0.1, 0.15) is 26.7 Å². The van der Waals surface area contributed by atoms with Crippen molar-refractivity contribution in [2.75, 3.05) is 6.61 Å². The molecule has 0 aliphatic carbocycles. The number of aliphatic carboxylic acids is 1. The maximum atomic E-state index is 11.1. The average molecular weight is 229 g/mol. The van der Waals surface area contributed by atoms with Crippen LogP contribution in [0.3, 0.4) is 0 Å². The zero-order valence-corrected chi connectivity index (χ0v) is 9.73. The van der Waals surface area contributed by atoms with E-state index in [1.807, 2.05) is 13.8 Å². The van der Waals surface area contributed by atoms with Crippen LogP contribution in [-0.2, 0) is 9.53 Å².